The minimum Gasteiger partial charge on any atom is -0.479 e. The highest BCUT2D eigenvalue weighted by Crippen LogP contribution is 2.24. The first-order valence-electron chi connectivity index (χ1n) is 5.65. The van der Waals surface area contributed by atoms with Gasteiger partial charge in [-0.3, -0.25) is 0 Å². The number of hydrogen-bond acceptors (Lipinski definition) is 3. The lowest BCUT2D eigenvalue weighted by Gasteiger charge is -2.22. The number of aliphatic hydroxyl groups excluding tert-OH is 1. The van der Waals surface area contributed by atoms with Crippen LogP contribution in [0.25, 0.3) is 0 Å². The molecule has 0 radical (unpaired) electrons. The van der Waals surface area contributed by atoms with Gasteiger partial charge in [-0.25, -0.2) is 9.18 Å². The maximum absolute atomic E-state index is 13.6. The van der Waals surface area contributed by atoms with E-state index in [1.54, 1.807) is 13.0 Å². The van der Waals surface area contributed by atoms with Gasteiger partial charge in [0.15, 0.2) is 6.10 Å². The van der Waals surface area contributed by atoms with E-state index in [1.807, 2.05) is 0 Å². The Labute approximate surface area is 105 Å². The summed E-state index contributed by atoms with van der Waals surface area (Å²) in [4.78, 5) is 11.1. The first kappa shape index (κ1) is 14.6. The van der Waals surface area contributed by atoms with Crippen LogP contribution in [0.5, 0.6) is 0 Å². The molecular formula is C13H17FO4. The first-order chi connectivity index (χ1) is 8.32. The van der Waals surface area contributed by atoms with Crippen molar-refractivity contribution >= 4 is 5.97 Å². The van der Waals surface area contributed by atoms with E-state index in [1.165, 1.54) is 26.0 Å². The Bertz CT molecular complexity index is 431. The van der Waals surface area contributed by atoms with Crippen molar-refractivity contribution in [3.63, 3.8) is 0 Å². The summed E-state index contributed by atoms with van der Waals surface area (Å²) in [5.74, 6) is -1.92. The maximum atomic E-state index is 13.6. The highest BCUT2D eigenvalue weighted by atomic mass is 19.1. The van der Waals surface area contributed by atoms with Gasteiger partial charge in [0.25, 0.3) is 0 Å². The Balaban J connectivity index is 3.05. The Hall–Kier alpha value is -1.46. The number of ether oxygens (including phenoxy) is 1. The summed E-state index contributed by atoms with van der Waals surface area (Å²) < 4.78 is 18.8. The Morgan fingerprint density at radius 1 is 1.39 bits per heavy atom. The normalized spacial score (nSPS) is 16.1. The van der Waals surface area contributed by atoms with Crippen LogP contribution in [0.2, 0.25) is 0 Å². The lowest BCUT2D eigenvalue weighted by molar-refractivity contribution is -0.158. The highest BCUT2D eigenvalue weighted by Gasteiger charge is 2.27. The highest BCUT2D eigenvalue weighted by molar-refractivity contribution is 5.74. The standard InChI is InChI=1S/C13H17FO4/c1-7-4-5-11(14)10(6-7)12(13(16)17)18-9(3)8(2)15/h4-6,8-9,12,15H,1-3H3,(H,16,17). The number of carbonyl (C=O) groups is 1. The number of aryl methyl sites for hydroxylation is 1. The number of carboxylic acid groups (broad SMARTS) is 1. The molecule has 18 heavy (non-hydrogen) atoms. The Morgan fingerprint density at radius 2 is 2.00 bits per heavy atom. The molecule has 5 heteroatoms. The number of halogens is 1. The molecule has 3 atom stereocenters. The average Bonchev–Trinajstić information content (AvgIpc) is 2.28. The van der Waals surface area contributed by atoms with E-state index in [0.29, 0.717) is 0 Å². The molecule has 0 heterocycles. The zero-order valence-electron chi connectivity index (χ0n) is 10.6. The summed E-state index contributed by atoms with van der Waals surface area (Å²) in [6, 6.07) is 4.19. The lowest BCUT2D eigenvalue weighted by Crippen LogP contribution is -2.28. The van der Waals surface area contributed by atoms with Crippen molar-refractivity contribution in [1.29, 1.82) is 0 Å². The zero-order valence-corrected chi connectivity index (χ0v) is 10.6. The van der Waals surface area contributed by atoms with Crippen LogP contribution in [0.4, 0.5) is 4.39 Å². The number of carboxylic acids is 1. The summed E-state index contributed by atoms with van der Waals surface area (Å²) in [5.41, 5.74) is 0.709. The van der Waals surface area contributed by atoms with Gasteiger partial charge in [-0.05, 0) is 32.9 Å². The van der Waals surface area contributed by atoms with Crippen LogP contribution in [-0.2, 0) is 9.53 Å². The molecule has 0 fully saturated rings. The molecule has 1 rings (SSSR count). The van der Waals surface area contributed by atoms with Gasteiger partial charge in [-0.1, -0.05) is 11.6 Å². The number of aliphatic carboxylic acids is 1. The van der Waals surface area contributed by atoms with Crippen molar-refractivity contribution in [3.8, 4) is 0 Å². The number of aliphatic hydroxyl groups is 1. The summed E-state index contributed by atoms with van der Waals surface area (Å²) in [6.45, 7) is 4.75. The van der Waals surface area contributed by atoms with Gasteiger partial charge in [0.2, 0.25) is 0 Å². The van der Waals surface area contributed by atoms with E-state index in [9.17, 15) is 14.3 Å². The molecule has 1 aromatic rings. The maximum Gasteiger partial charge on any atom is 0.337 e. The molecule has 2 N–H and O–H groups in total. The summed E-state index contributed by atoms with van der Waals surface area (Å²) in [5, 5.41) is 18.4. The fourth-order valence-electron chi connectivity index (χ4n) is 1.46. The molecule has 1 aromatic carbocycles. The van der Waals surface area contributed by atoms with Crippen LogP contribution in [0.15, 0.2) is 18.2 Å². The second kappa shape index (κ2) is 5.93. The predicted molar refractivity (Wildman–Crippen MR) is 63.7 cm³/mol. The molecule has 0 amide bonds. The van der Waals surface area contributed by atoms with Gasteiger partial charge < -0.3 is 14.9 Å². The van der Waals surface area contributed by atoms with Crippen molar-refractivity contribution < 1.29 is 24.1 Å². The number of benzene rings is 1. The summed E-state index contributed by atoms with van der Waals surface area (Å²) in [6.07, 6.45) is -2.96. The van der Waals surface area contributed by atoms with E-state index in [4.69, 9.17) is 9.84 Å². The fourth-order valence-corrected chi connectivity index (χ4v) is 1.46. The minimum absolute atomic E-state index is 0.0324. The molecule has 100 valence electrons. The van der Waals surface area contributed by atoms with Crippen LogP contribution in [-0.4, -0.2) is 28.4 Å². The largest absolute Gasteiger partial charge is 0.479 e. The van der Waals surface area contributed by atoms with Crippen molar-refractivity contribution in [1.82, 2.24) is 0 Å². The summed E-state index contributed by atoms with van der Waals surface area (Å²) in [7, 11) is 0. The van der Waals surface area contributed by atoms with Crippen LogP contribution in [0, 0.1) is 12.7 Å². The van der Waals surface area contributed by atoms with Gasteiger partial charge in [0.05, 0.1) is 12.2 Å². The third kappa shape index (κ3) is 3.51. The SMILES string of the molecule is Cc1ccc(F)c(C(OC(C)C(C)O)C(=O)O)c1. The van der Waals surface area contributed by atoms with Crippen molar-refractivity contribution in [2.45, 2.75) is 39.1 Å². The van der Waals surface area contributed by atoms with Crippen LogP contribution in [0.1, 0.15) is 31.1 Å². The quantitative estimate of drug-likeness (QED) is 0.846. The zero-order chi connectivity index (χ0) is 13.9. The molecule has 0 aliphatic rings. The van der Waals surface area contributed by atoms with E-state index in [2.05, 4.69) is 0 Å². The van der Waals surface area contributed by atoms with Crippen molar-refractivity contribution in [2.24, 2.45) is 0 Å². The average molecular weight is 256 g/mol. The molecule has 0 saturated carbocycles. The van der Waals surface area contributed by atoms with Gasteiger partial charge in [0, 0.05) is 5.56 Å². The van der Waals surface area contributed by atoms with E-state index >= 15 is 0 Å². The molecule has 0 aliphatic heterocycles. The molecule has 0 aliphatic carbocycles. The monoisotopic (exact) mass is 256 g/mol. The molecule has 4 nitrogen and oxygen atoms in total. The molecule has 0 bridgehead atoms. The van der Waals surface area contributed by atoms with E-state index < -0.39 is 30.1 Å². The molecule has 0 aromatic heterocycles. The number of hydrogen-bond donors (Lipinski definition) is 2. The number of rotatable bonds is 5. The van der Waals surface area contributed by atoms with Crippen molar-refractivity contribution in [3.05, 3.63) is 35.1 Å². The lowest BCUT2D eigenvalue weighted by atomic mass is 10.1. The van der Waals surface area contributed by atoms with Gasteiger partial charge in [-0.15, -0.1) is 0 Å². The minimum atomic E-state index is -1.42. The van der Waals surface area contributed by atoms with E-state index in [-0.39, 0.29) is 5.56 Å². The van der Waals surface area contributed by atoms with E-state index in [0.717, 1.165) is 5.56 Å². The van der Waals surface area contributed by atoms with Crippen LogP contribution in [0.3, 0.4) is 0 Å². The summed E-state index contributed by atoms with van der Waals surface area (Å²) >= 11 is 0. The molecule has 0 spiro atoms. The first-order valence-corrected chi connectivity index (χ1v) is 5.65. The topological polar surface area (TPSA) is 66.8 Å². The predicted octanol–water partition coefficient (Wildman–Crippen LogP) is 2.05. The molecular weight excluding hydrogens is 239 g/mol. The molecule has 0 saturated heterocycles. The second-order valence-electron chi connectivity index (χ2n) is 4.33. The van der Waals surface area contributed by atoms with Crippen LogP contribution >= 0.6 is 0 Å². The van der Waals surface area contributed by atoms with Gasteiger partial charge in [0.1, 0.15) is 5.82 Å². The second-order valence-corrected chi connectivity index (χ2v) is 4.33. The van der Waals surface area contributed by atoms with Crippen LogP contribution < -0.4 is 0 Å². The molecule has 3 unspecified atom stereocenters. The third-order valence-electron chi connectivity index (χ3n) is 2.69. The Kier molecular flexibility index (Phi) is 4.81. The Morgan fingerprint density at radius 3 is 2.50 bits per heavy atom. The van der Waals surface area contributed by atoms with Gasteiger partial charge in [-0.2, -0.15) is 0 Å². The smallest absolute Gasteiger partial charge is 0.337 e. The fraction of sp³-hybridized carbons (Fsp3) is 0.462. The van der Waals surface area contributed by atoms with Crippen molar-refractivity contribution in [2.75, 3.05) is 0 Å². The van der Waals surface area contributed by atoms with Gasteiger partial charge >= 0.3 is 5.97 Å². The third-order valence-corrected chi connectivity index (χ3v) is 2.69.